The Morgan fingerprint density at radius 2 is 1.75 bits per heavy atom. The zero-order valence-electron chi connectivity index (χ0n) is 14.3. The second-order valence-corrected chi connectivity index (χ2v) is 6.04. The lowest BCUT2D eigenvalue weighted by molar-refractivity contribution is 0.639. The molecule has 0 radical (unpaired) electrons. The maximum absolute atomic E-state index is 4.77. The summed E-state index contributed by atoms with van der Waals surface area (Å²) >= 11 is 0. The number of rotatable bonds is 7. The van der Waals surface area contributed by atoms with Crippen LogP contribution in [-0.4, -0.2) is 19.3 Å². The molecule has 3 nitrogen and oxygen atoms in total. The van der Waals surface area contributed by atoms with Gasteiger partial charge in [-0.05, 0) is 24.6 Å². The van der Waals surface area contributed by atoms with Crippen LogP contribution in [0.5, 0.6) is 0 Å². The van der Waals surface area contributed by atoms with Crippen LogP contribution in [0.3, 0.4) is 0 Å². The molecule has 1 aliphatic heterocycles. The largest absolute Gasteiger partial charge is 0.353 e. The summed E-state index contributed by atoms with van der Waals surface area (Å²) in [6.07, 6.45) is 5.68. The lowest BCUT2D eigenvalue weighted by Gasteiger charge is -2.15. The third-order valence-electron chi connectivity index (χ3n) is 4.18. The molecule has 0 saturated carbocycles. The summed E-state index contributed by atoms with van der Waals surface area (Å²) in [5, 5.41) is 7.13. The fraction of sp³-hybridized carbons (Fsp3) is 0.286. The van der Waals surface area contributed by atoms with Gasteiger partial charge in [-0.1, -0.05) is 68.3 Å². The molecule has 0 unspecified atom stereocenters. The number of hydrogen-bond donors (Lipinski definition) is 2. The first-order valence-electron chi connectivity index (χ1n) is 8.78. The Labute approximate surface area is 144 Å². The van der Waals surface area contributed by atoms with Gasteiger partial charge in [0.15, 0.2) is 0 Å². The molecule has 0 spiro atoms. The number of hydrogen-bond acceptors (Lipinski definition) is 3. The van der Waals surface area contributed by atoms with Crippen LogP contribution in [0.2, 0.25) is 0 Å². The number of nitrogens with zero attached hydrogens (tertiary/aromatic N) is 1. The van der Waals surface area contributed by atoms with Gasteiger partial charge >= 0.3 is 0 Å². The van der Waals surface area contributed by atoms with E-state index in [2.05, 4.69) is 60.0 Å². The van der Waals surface area contributed by atoms with Crippen molar-refractivity contribution in [3.63, 3.8) is 0 Å². The van der Waals surface area contributed by atoms with Crippen LogP contribution >= 0.6 is 0 Å². The number of benzene rings is 2. The van der Waals surface area contributed by atoms with Crippen LogP contribution < -0.4 is 10.6 Å². The van der Waals surface area contributed by atoms with E-state index in [9.17, 15) is 0 Å². The van der Waals surface area contributed by atoms with Crippen molar-refractivity contribution in [2.75, 3.05) is 18.4 Å². The summed E-state index contributed by atoms with van der Waals surface area (Å²) in [6, 6.07) is 18.7. The van der Waals surface area contributed by atoms with Crippen LogP contribution in [0.1, 0.15) is 37.3 Å². The van der Waals surface area contributed by atoms with E-state index in [0.29, 0.717) is 0 Å². The molecule has 2 N–H and O–H groups in total. The topological polar surface area (TPSA) is 36.4 Å². The molecule has 2 aromatic carbocycles. The molecule has 0 fully saturated rings. The fourth-order valence-corrected chi connectivity index (χ4v) is 2.83. The zero-order chi connectivity index (χ0) is 16.6. The Balaban J connectivity index is 1.85. The van der Waals surface area contributed by atoms with Crippen LogP contribution in [0, 0.1) is 0 Å². The average Bonchev–Trinajstić information content (AvgIpc) is 2.82. The monoisotopic (exact) mass is 319 g/mol. The third-order valence-corrected chi connectivity index (χ3v) is 4.18. The molecule has 0 saturated heterocycles. The van der Waals surface area contributed by atoms with E-state index in [1.54, 1.807) is 0 Å². The molecule has 3 rings (SSSR count). The van der Waals surface area contributed by atoms with E-state index < -0.39 is 0 Å². The van der Waals surface area contributed by atoms with Crippen molar-refractivity contribution in [3.05, 3.63) is 71.4 Å². The quantitative estimate of drug-likeness (QED) is 0.727. The van der Waals surface area contributed by atoms with Crippen molar-refractivity contribution in [1.29, 1.82) is 0 Å². The van der Waals surface area contributed by atoms with E-state index in [4.69, 9.17) is 4.99 Å². The van der Waals surface area contributed by atoms with Gasteiger partial charge in [0.25, 0.3) is 0 Å². The van der Waals surface area contributed by atoms with E-state index in [0.717, 1.165) is 41.3 Å². The summed E-state index contributed by atoms with van der Waals surface area (Å²) in [4.78, 5) is 4.77. The van der Waals surface area contributed by atoms with Crippen LogP contribution in [0.25, 0.3) is 5.70 Å². The normalized spacial score (nSPS) is 13.4. The molecule has 2 aromatic rings. The highest BCUT2D eigenvalue weighted by molar-refractivity contribution is 5.95. The molecule has 0 aliphatic carbocycles. The number of fused-ring (bicyclic) bond motifs is 1. The van der Waals surface area contributed by atoms with E-state index in [1.165, 1.54) is 19.3 Å². The van der Waals surface area contributed by atoms with Crippen molar-refractivity contribution >= 4 is 17.6 Å². The van der Waals surface area contributed by atoms with Crippen LogP contribution in [0.4, 0.5) is 5.69 Å². The Hall–Kier alpha value is -2.39. The molecule has 3 heteroatoms. The van der Waals surface area contributed by atoms with Crippen molar-refractivity contribution < 1.29 is 0 Å². The molecule has 0 amide bonds. The molecule has 0 atom stereocenters. The van der Waals surface area contributed by atoms with Crippen molar-refractivity contribution in [2.24, 2.45) is 4.99 Å². The Morgan fingerprint density at radius 3 is 2.58 bits per heavy atom. The molecule has 1 aliphatic rings. The molecule has 0 bridgehead atoms. The van der Waals surface area contributed by atoms with Gasteiger partial charge in [0.1, 0.15) is 0 Å². The molecule has 0 aromatic heterocycles. The highest BCUT2D eigenvalue weighted by atomic mass is 15.0. The molecular weight excluding hydrogens is 294 g/mol. The smallest absolute Gasteiger partial charge is 0.0782 e. The second kappa shape index (κ2) is 8.46. The summed E-state index contributed by atoms with van der Waals surface area (Å²) in [6.45, 7) is 4.03. The van der Waals surface area contributed by atoms with E-state index >= 15 is 0 Å². The van der Waals surface area contributed by atoms with Gasteiger partial charge in [0, 0.05) is 24.0 Å². The van der Waals surface area contributed by atoms with Crippen molar-refractivity contribution in [3.8, 4) is 0 Å². The lowest BCUT2D eigenvalue weighted by Crippen LogP contribution is -2.19. The van der Waals surface area contributed by atoms with E-state index in [1.807, 2.05) is 18.3 Å². The summed E-state index contributed by atoms with van der Waals surface area (Å²) in [5.41, 5.74) is 5.51. The van der Waals surface area contributed by atoms with Crippen LogP contribution in [-0.2, 0) is 0 Å². The molecular formula is C21H25N3. The third kappa shape index (κ3) is 4.12. The minimum absolute atomic E-state index is 0.769. The maximum atomic E-state index is 4.77. The Kier molecular flexibility index (Phi) is 5.80. The standard InChI is InChI=1S/C21H25N3/c1-2-3-9-14-22-16-20-21(17-10-5-4-6-11-17)24-19-13-8-7-12-18(19)15-23-20/h4-8,10-13,15,22,24H,2-3,9,14,16H2,1H3. The summed E-state index contributed by atoms with van der Waals surface area (Å²) < 4.78 is 0. The SMILES string of the molecule is CCCCCNCC1=C(c2ccccc2)Nc2ccccc2C=N1. The fourth-order valence-electron chi connectivity index (χ4n) is 2.83. The van der Waals surface area contributed by atoms with Gasteiger partial charge in [0.2, 0.25) is 0 Å². The minimum atomic E-state index is 0.769. The summed E-state index contributed by atoms with van der Waals surface area (Å²) in [7, 11) is 0. The Bertz CT molecular complexity index is 717. The van der Waals surface area contributed by atoms with Gasteiger partial charge in [-0.15, -0.1) is 0 Å². The lowest BCUT2D eigenvalue weighted by atomic mass is 10.1. The molecule has 1 heterocycles. The van der Waals surface area contributed by atoms with Crippen molar-refractivity contribution in [2.45, 2.75) is 26.2 Å². The first-order valence-corrected chi connectivity index (χ1v) is 8.78. The maximum Gasteiger partial charge on any atom is 0.0782 e. The average molecular weight is 319 g/mol. The number of anilines is 1. The first-order chi connectivity index (χ1) is 11.9. The predicted molar refractivity (Wildman–Crippen MR) is 103 cm³/mol. The molecule has 124 valence electrons. The highest BCUT2D eigenvalue weighted by Gasteiger charge is 2.13. The van der Waals surface area contributed by atoms with Crippen LogP contribution in [0.15, 0.2) is 65.3 Å². The minimum Gasteiger partial charge on any atom is -0.353 e. The van der Waals surface area contributed by atoms with E-state index in [-0.39, 0.29) is 0 Å². The first kappa shape index (κ1) is 16.5. The van der Waals surface area contributed by atoms with Gasteiger partial charge < -0.3 is 10.6 Å². The number of unbranched alkanes of at least 4 members (excludes halogenated alkanes) is 2. The van der Waals surface area contributed by atoms with Gasteiger partial charge in [0.05, 0.1) is 11.4 Å². The number of aliphatic imine (C=N–C) groups is 1. The van der Waals surface area contributed by atoms with Crippen molar-refractivity contribution in [1.82, 2.24) is 5.32 Å². The second-order valence-electron chi connectivity index (χ2n) is 6.04. The highest BCUT2D eigenvalue weighted by Crippen LogP contribution is 2.27. The number of nitrogens with one attached hydrogen (secondary N) is 2. The molecule has 24 heavy (non-hydrogen) atoms. The van der Waals surface area contributed by atoms with Gasteiger partial charge in [-0.2, -0.15) is 0 Å². The number of para-hydroxylation sites is 1. The Morgan fingerprint density at radius 1 is 0.958 bits per heavy atom. The summed E-state index contributed by atoms with van der Waals surface area (Å²) in [5.74, 6) is 0. The van der Waals surface area contributed by atoms with Gasteiger partial charge in [-0.3, -0.25) is 4.99 Å². The zero-order valence-corrected chi connectivity index (χ0v) is 14.3. The van der Waals surface area contributed by atoms with Gasteiger partial charge in [-0.25, -0.2) is 0 Å². The predicted octanol–water partition coefficient (Wildman–Crippen LogP) is 4.68.